The number of hydrogen-bond donors (Lipinski definition) is 1. The lowest BCUT2D eigenvalue weighted by molar-refractivity contribution is -0.118. The van der Waals surface area contributed by atoms with Gasteiger partial charge < -0.3 is 10.1 Å². The number of nitrogens with one attached hydrogen (secondary N) is 1. The van der Waals surface area contributed by atoms with E-state index in [2.05, 4.69) is 12.2 Å². The van der Waals surface area contributed by atoms with Gasteiger partial charge in [0.1, 0.15) is 5.75 Å². The Morgan fingerprint density at radius 1 is 1.18 bits per heavy atom. The third-order valence-electron chi connectivity index (χ3n) is 3.15. The Morgan fingerprint density at radius 2 is 1.95 bits per heavy atom. The molecule has 22 heavy (non-hydrogen) atoms. The minimum atomic E-state index is -0.149. The zero-order valence-electron chi connectivity index (χ0n) is 13.2. The first-order chi connectivity index (χ1) is 10.6. The van der Waals surface area contributed by atoms with Crippen molar-refractivity contribution in [2.24, 2.45) is 0 Å². The number of carbonyl (C=O) groups excluding carboxylic acids is 1. The van der Waals surface area contributed by atoms with Gasteiger partial charge in [-0.3, -0.25) is 4.79 Å². The summed E-state index contributed by atoms with van der Waals surface area (Å²) in [7, 11) is 0. The van der Waals surface area contributed by atoms with Crippen molar-refractivity contribution < 1.29 is 9.53 Å². The molecule has 2 aromatic carbocycles. The summed E-state index contributed by atoms with van der Waals surface area (Å²) in [6.07, 6.45) is 0. The lowest BCUT2D eigenvalue weighted by Crippen LogP contribution is -2.20. The number of ether oxygens (including phenoxy) is 1. The fourth-order valence-corrected chi connectivity index (χ4v) is 2.90. The van der Waals surface area contributed by atoms with Gasteiger partial charge in [0.2, 0.25) is 0 Å². The molecule has 0 fully saturated rings. The number of para-hydroxylation sites is 1. The smallest absolute Gasteiger partial charge is 0.262 e. The molecule has 3 nitrogen and oxygen atoms in total. The van der Waals surface area contributed by atoms with Crippen LogP contribution in [0.4, 0.5) is 5.69 Å². The van der Waals surface area contributed by atoms with Gasteiger partial charge >= 0.3 is 0 Å². The molecule has 0 aromatic heterocycles. The average molecular weight is 315 g/mol. The summed E-state index contributed by atoms with van der Waals surface area (Å²) >= 11 is 1.71. The molecule has 2 aromatic rings. The first kappa shape index (κ1) is 16.4. The molecule has 0 aliphatic carbocycles. The maximum Gasteiger partial charge on any atom is 0.262 e. The van der Waals surface area contributed by atoms with E-state index in [0.29, 0.717) is 0 Å². The first-order valence-electron chi connectivity index (χ1n) is 7.32. The molecule has 0 aliphatic heterocycles. The van der Waals surface area contributed by atoms with Crippen LogP contribution in [-0.4, -0.2) is 18.3 Å². The molecule has 116 valence electrons. The Labute approximate surface area is 136 Å². The monoisotopic (exact) mass is 315 g/mol. The van der Waals surface area contributed by atoms with Gasteiger partial charge in [-0.05, 0) is 43.4 Å². The molecular formula is C18H21NO2S. The van der Waals surface area contributed by atoms with Crippen molar-refractivity contribution in [2.75, 3.05) is 17.7 Å². The Balaban J connectivity index is 1.96. The van der Waals surface area contributed by atoms with Gasteiger partial charge in [0.25, 0.3) is 5.91 Å². The molecule has 0 unspecified atom stereocenters. The van der Waals surface area contributed by atoms with Crippen LogP contribution in [-0.2, 0) is 4.79 Å². The Hall–Kier alpha value is -1.94. The van der Waals surface area contributed by atoms with Gasteiger partial charge in [0.05, 0.1) is 5.69 Å². The highest BCUT2D eigenvalue weighted by molar-refractivity contribution is 7.99. The molecule has 1 N–H and O–H groups in total. The predicted octanol–water partition coefficient (Wildman–Crippen LogP) is 4.43. The second kappa shape index (κ2) is 7.90. The molecular weight excluding hydrogens is 294 g/mol. The number of hydrogen-bond acceptors (Lipinski definition) is 3. The Kier molecular flexibility index (Phi) is 5.90. The minimum Gasteiger partial charge on any atom is -0.483 e. The molecule has 0 spiro atoms. The van der Waals surface area contributed by atoms with E-state index in [9.17, 15) is 4.79 Å². The molecule has 2 rings (SSSR count). The molecule has 4 heteroatoms. The van der Waals surface area contributed by atoms with Crippen LogP contribution in [0.2, 0.25) is 0 Å². The van der Waals surface area contributed by atoms with Crippen LogP contribution in [0.25, 0.3) is 0 Å². The summed E-state index contributed by atoms with van der Waals surface area (Å²) < 4.78 is 5.61. The second-order valence-electron chi connectivity index (χ2n) is 5.03. The highest BCUT2D eigenvalue weighted by Gasteiger charge is 2.08. The molecule has 0 atom stereocenters. The third-order valence-corrected chi connectivity index (χ3v) is 4.11. The standard InChI is InChI=1S/C18H21NO2S/c1-4-22-17-8-6-5-7-15(17)19-18(20)12-21-16-10-9-13(2)11-14(16)3/h5-11H,4,12H2,1-3H3,(H,19,20). The molecule has 0 bridgehead atoms. The van der Waals surface area contributed by atoms with E-state index < -0.39 is 0 Å². The number of anilines is 1. The summed E-state index contributed by atoms with van der Waals surface area (Å²) in [6.45, 7) is 6.11. The maximum absolute atomic E-state index is 12.1. The first-order valence-corrected chi connectivity index (χ1v) is 8.30. The highest BCUT2D eigenvalue weighted by Crippen LogP contribution is 2.26. The van der Waals surface area contributed by atoms with Gasteiger partial charge in [-0.25, -0.2) is 0 Å². The van der Waals surface area contributed by atoms with Gasteiger partial charge in [-0.15, -0.1) is 11.8 Å². The van der Waals surface area contributed by atoms with Crippen molar-refractivity contribution in [3.63, 3.8) is 0 Å². The Morgan fingerprint density at radius 3 is 2.68 bits per heavy atom. The molecule has 0 saturated heterocycles. The number of amides is 1. The van der Waals surface area contributed by atoms with E-state index >= 15 is 0 Å². The number of thioether (sulfide) groups is 1. The molecule has 1 amide bonds. The third kappa shape index (κ3) is 4.53. The second-order valence-corrected chi connectivity index (χ2v) is 6.34. The summed E-state index contributed by atoms with van der Waals surface area (Å²) in [5.74, 6) is 1.56. The van der Waals surface area contributed by atoms with Crippen LogP contribution < -0.4 is 10.1 Å². The number of benzene rings is 2. The topological polar surface area (TPSA) is 38.3 Å². The van der Waals surface area contributed by atoms with E-state index in [4.69, 9.17) is 4.74 Å². The van der Waals surface area contributed by atoms with Crippen molar-refractivity contribution in [1.29, 1.82) is 0 Å². The summed E-state index contributed by atoms with van der Waals surface area (Å²) in [5, 5.41) is 2.91. The Bertz CT molecular complexity index is 655. The fraction of sp³-hybridized carbons (Fsp3) is 0.278. The van der Waals surface area contributed by atoms with Crippen LogP contribution in [0.5, 0.6) is 5.75 Å². The van der Waals surface area contributed by atoms with Crippen LogP contribution in [0.3, 0.4) is 0 Å². The highest BCUT2D eigenvalue weighted by atomic mass is 32.2. The quantitative estimate of drug-likeness (QED) is 0.801. The van der Waals surface area contributed by atoms with E-state index in [1.807, 2.05) is 56.3 Å². The molecule has 0 aliphatic rings. The summed E-state index contributed by atoms with van der Waals surface area (Å²) in [6, 6.07) is 13.7. The average Bonchev–Trinajstić information content (AvgIpc) is 2.48. The lowest BCUT2D eigenvalue weighted by atomic mass is 10.1. The van der Waals surface area contributed by atoms with Crippen molar-refractivity contribution in [1.82, 2.24) is 0 Å². The van der Waals surface area contributed by atoms with E-state index in [1.54, 1.807) is 11.8 Å². The van der Waals surface area contributed by atoms with Gasteiger partial charge in [0, 0.05) is 4.90 Å². The SMILES string of the molecule is CCSc1ccccc1NC(=O)COc1ccc(C)cc1C. The van der Waals surface area contributed by atoms with E-state index in [-0.39, 0.29) is 12.5 Å². The van der Waals surface area contributed by atoms with Crippen LogP contribution in [0, 0.1) is 13.8 Å². The normalized spacial score (nSPS) is 10.3. The summed E-state index contributed by atoms with van der Waals surface area (Å²) in [5.41, 5.74) is 3.05. The molecule has 0 saturated carbocycles. The van der Waals surface area contributed by atoms with Crippen LogP contribution in [0.1, 0.15) is 18.1 Å². The van der Waals surface area contributed by atoms with E-state index in [0.717, 1.165) is 27.6 Å². The number of rotatable bonds is 6. The fourth-order valence-electron chi connectivity index (χ4n) is 2.14. The van der Waals surface area contributed by atoms with Crippen LogP contribution >= 0.6 is 11.8 Å². The maximum atomic E-state index is 12.1. The lowest BCUT2D eigenvalue weighted by Gasteiger charge is -2.12. The zero-order valence-corrected chi connectivity index (χ0v) is 14.0. The van der Waals surface area contributed by atoms with Gasteiger partial charge in [-0.1, -0.05) is 36.8 Å². The van der Waals surface area contributed by atoms with Gasteiger partial charge in [-0.2, -0.15) is 0 Å². The summed E-state index contributed by atoms with van der Waals surface area (Å²) in [4.78, 5) is 13.1. The number of aryl methyl sites for hydroxylation is 2. The van der Waals surface area contributed by atoms with Crippen molar-refractivity contribution in [3.8, 4) is 5.75 Å². The van der Waals surface area contributed by atoms with Crippen molar-refractivity contribution >= 4 is 23.4 Å². The van der Waals surface area contributed by atoms with E-state index in [1.165, 1.54) is 5.56 Å². The van der Waals surface area contributed by atoms with Crippen molar-refractivity contribution in [2.45, 2.75) is 25.7 Å². The van der Waals surface area contributed by atoms with Crippen LogP contribution in [0.15, 0.2) is 47.4 Å². The predicted molar refractivity (Wildman–Crippen MR) is 92.9 cm³/mol. The minimum absolute atomic E-state index is 0.00896. The largest absolute Gasteiger partial charge is 0.483 e. The zero-order chi connectivity index (χ0) is 15.9. The number of carbonyl (C=O) groups is 1. The van der Waals surface area contributed by atoms with Crippen molar-refractivity contribution in [3.05, 3.63) is 53.6 Å². The van der Waals surface area contributed by atoms with Gasteiger partial charge in [0.15, 0.2) is 6.61 Å². The molecule has 0 radical (unpaired) electrons. The molecule has 0 heterocycles.